The van der Waals surface area contributed by atoms with Crippen LogP contribution in [0.5, 0.6) is 0 Å². The van der Waals surface area contributed by atoms with Crippen molar-refractivity contribution in [3.8, 4) is 0 Å². The van der Waals surface area contributed by atoms with E-state index >= 15 is 0 Å². The Morgan fingerprint density at radius 2 is 1.52 bits per heavy atom. The Labute approximate surface area is 156 Å². The number of aryl methyl sites for hydroxylation is 1. The lowest BCUT2D eigenvalue weighted by atomic mass is 9.94. The third-order valence-corrected chi connectivity index (χ3v) is 3.91. The number of benzene rings is 2. The summed E-state index contributed by atoms with van der Waals surface area (Å²) >= 11 is 0. The van der Waals surface area contributed by atoms with Crippen LogP contribution in [0, 0.1) is 6.92 Å². The SMILES string of the molecule is Cc1ccc(C(CC(=O)OCc2ccccc2)=C(CC(=O)O)C(=O)O)cc1. The molecule has 0 aliphatic heterocycles. The first-order valence-corrected chi connectivity index (χ1v) is 8.30. The number of esters is 1. The largest absolute Gasteiger partial charge is 0.481 e. The summed E-state index contributed by atoms with van der Waals surface area (Å²) in [6.07, 6.45) is -1.02. The highest BCUT2D eigenvalue weighted by Gasteiger charge is 2.22. The zero-order valence-electron chi connectivity index (χ0n) is 14.8. The van der Waals surface area contributed by atoms with E-state index in [1.165, 1.54) is 0 Å². The monoisotopic (exact) mass is 368 g/mol. The molecule has 0 fully saturated rings. The molecule has 2 aromatic rings. The van der Waals surface area contributed by atoms with Crippen LogP contribution >= 0.6 is 0 Å². The molecule has 0 saturated heterocycles. The normalized spacial score (nSPS) is 11.4. The lowest BCUT2D eigenvalue weighted by Gasteiger charge is -2.13. The molecule has 6 heteroatoms. The Hall–Kier alpha value is -3.41. The number of carboxylic acids is 2. The maximum absolute atomic E-state index is 12.3. The number of ether oxygens (including phenoxy) is 1. The standard InChI is InChI=1S/C21H20O6/c1-14-7-9-16(10-8-14)17(18(21(25)26)11-19(22)23)12-20(24)27-13-15-5-3-2-4-6-15/h2-10H,11-13H2,1H3,(H,22,23)(H,25,26). The van der Waals surface area contributed by atoms with Crippen molar-refractivity contribution in [1.82, 2.24) is 0 Å². The second-order valence-electron chi connectivity index (χ2n) is 6.02. The molecule has 0 spiro atoms. The first kappa shape index (κ1) is 19.9. The van der Waals surface area contributed by atoms with Crippen LogP contribution in [0.4, 0.5) is 0 Å². The molecule has 0 aliphatic carbocycles. The summed E-state index contributed by atoms with van der Waals surface area (Å²) in [5, 5.41) is 18.5. The van der Waals surface area contributed by atoms with Gasteiger partial charge < -0.3 is 14.9 Å². The summed E-state index contributed by atoms with van der Waals surface area (Å²) in [4.78, 5) is 35.0. The van der Waals surface area contributed by atoms with E-state index in [2.05, 4.69) is 0 Å². The zero-order chi connectivity index (χ0) is 19.8. The van der Waals surface area contributed by atoms with E-state index in [0.29, 0.717) is 5.56 Å². The summed E-state index contributed by atoms with van der Waals surface area (Å²) in [7, 11) is 0. The molecule has 0 saturated carbocycles. The van der Waals surface area contributed by atoms with Crippen LogP contribution in [0.25, 0.3) is 5.57 Å². The van der Waals surface area contributed by atoms with Gasteiger partial charge in [0.05, 0.1) is 18.4 Å². The van der Waals surface area contributed by atoms with E-state index in [9.17, 15) is 19.5 Å². The number of rotatable bonds is 8. The molecule has 0 unspecified atom stereocenters. The van der Waals surface area contributed by atoms with Gasteiger partial charge in [0.1, 0.15) is 6.61 Å². The van der Waals surface area contributed by atoms with Crippen LogP contribution < -0.4 is 0 Å². The molecular formula is C21H20O6. The molecule has 140 valence electrons. The first-order chi connectivity index (χ1) is 12.9. The predicted octanol–water partition coefficient (Wildman–Crippen LogP) is 3.44. The molecule has 2 rings (SSSR count). The highest BCUT2D eigenvalue weighted by atomic mass is 16.5. The molecule has 0 heterocycles. The number of hydrogen-bond donors (Lipinski definition) is 2. The summed E-state index contributed by atoms with van der Waals surface area (Å²) in [5.41, 5.74) is 2.05. The van der Waals surface area contributed by atoms with E-state index in [0.717, 1.165) is 11.1 Å². The van der Waals surface area contributed by atoms with Crippen molar-refractivity contribution in [3.63, 3.8) is 0 Å². The Morgan fingerprint density at radius 1 is 0.889 bits per heavy atom. The fourth-order valence-electron chi connectivity index (χ4n) is 2.53. The van der Waals surface area contributed by atoms with Gasteiger partial charge in [0.15, 0.2) is 0 Å². The van der Waals surface area contributed by atoms with Crippen LogP contribution in [0.3, 0.4) is 0 Å². The number of hydrogen-bond acceptors (Lipinski definition) is 4. The fourth-order valence-corrected chi connectivity index (χ4v) is 2.53. The van der Waals surface area contributed by atoms with Crippen LogP contribution in [0.1, 0.15) is 29.5 Å². The smallest absolute Gasteiger partial charge is 0.332 e. The van der Waals surface area contributed by atoms with E-state index in [1.54, 1.807) is 36.4 Å². The van der Waals surface area contributed by atoms with Crippen molar-refractivity contribution in [3.05, 3.63) is 76.9 Å². The van der Waals surface area contributed by atoms with Crippen LogP contribution in [-0.4, -0.2) is 28.1 Å². The van der Waals surface area contributed by atoms with Gasteiger partial charge in [0, 0.05) is 0 Å². The number of aliphatic carboxylic acids is 2. The lowest BCUT2D eigenvalue weighted by molar-refractivity contribution is -0.143. The van der Waals surface area contributed by atoms with E-state index in [1.807, 2.05) is 25.1 Å². The highest BCUT2D eigenvalue weighted by Crippen LogP contribution is 2.26. The summed E-state index contributed by atoms with van der Waals surface area (Å²) in [6, 6.07) is 15.9. The number of carbonyl (C=O) groups is 3. The fraction of sp³-hybridized carbons (Fsp3) is 0.190. The predicted molar refractivity (Wildman–Crippen MR) is 98.8 cm³/mol. The maximum Gasteiger partial charge on any atom is 0.332 e. The quantitative estimate of drug-likeness (QED) is 0.547. The van der Waals surface area contributed by atoms with Crippen LogP contribution in [0.15, 0.2) is 60.2 Å². The highest BCUT2D eigenvalue weighted by molar-refractivity contribution is 6.03. The molecule has 0 bridgehead atoms. The summed E-state index contributed by atoms with van der Waals surface area (Å²) < 4.78 is 5.23. The summed E-state index contributed by atoms with van der Waals surface area (Å²) in [5.74, 6) is -3.28. The van der Waals surface area contributed by atoms with Gasteiger partial charge in [-0.25, -0.2) is 4.79 Å². The van der Waals surface area contributed by atoms with Gasteiger partial charge in [-0.15, -0.1) is 0 Å². The molecule has 27 heavy (non-hydrogen) atoms. The maximum atomic E-state index is 12.3. The van der Waals surface area contributed by atoms with Gasteiger partial charge in [-0.2, -0.15) is 0 Å². The van der Waals surface area contributed by atoms with Crippen molar-refractivity contribution < 1.29 is 29.3 Å². The zero-order valence-corrected chi connectivity index (χ0v) is 14.8. The van der Waals surface area contributed by atoms with Crippen molar-refractivity contribution in [2.24, 2.45) is 0 Å². The second kappa shape index (κ2) is 9.33. The van der Waals surface area contributed by atoms with Crippen molar-refractivity contribution in [2.45, 2.75) is 26.4 Å². The molecule has 0 radical (unpaired) electrons. The third-order valence-electron chi connectivity index (χ3n) is 3.91. The molecule has 0 aromatic heterocycles. The molecular weight excluding hydrogens is 348 g/mol. The Bertz CT molecular complexity index is 850. The van der Waals surface area contributed by atoms with Gasteiger partial charge in [0.2, 0.25) is 0 Å². The second-order valence-corrected chi connectivity index (χ2v) is 6.02. The average Bonchev–Trinajstić information content (AvgIpc) is 2.64. The molecule has 0 aliphatic rings. The third kappa shape index (κ3) is 6.11. The van der Waals surface area contributed by atoms with Crippen molar-refractivity contribution >= 4 is 23.5 Å². The van der Waals surface area contributed by atoms with E-state index in [-0.39, 0.29) is 24.2 Å². The molecule has 2 N–H and O–H groups in total. The minimum absolute atomic E-state index is 0.0577. The Balaban J connectivity index is 2.28. The van der Waals surface area contributed by atoms with Gasteiger partial charge in [-0.05, 0) is 23.6 Å². The first-order valence-electron chi connectivity index (χ1n) is 8.30. The minimum atomic E-state index is -1.37. The van der Waals surface area contributed by atoms with Gasteiger partial charge in [-0.1, -0.05) is 60.2 Å². The molecule has 6 nitrogen and oxygen atoms in total. The molecule has 0 atom stereocenters. The van der Waals surface area contributed by atoms with Gasteiger partial charge in [-0.3, -0.25) is 9.59 Å². The van der Waals surface area contributed by atoms with E-state index < -0.39 is 24.3 Å². The Kier molecular flexibility index (Phi) is 6.88. The molecule has 0 amide bonds. The summed E-state index contributed by atoms with van der Waals surface area (Å²) in [6.45, 7) is 1.93. The number of carboxylic acid groups (broad SMARTS) is 2. The molecule has 2 aromatic carbocycles. The number of carbonyl (C=O) groups excluding carboxylic acids is 1. The van der Waals surface area contributed by atoms with Gasteiger partial charge in [0.25, 0.3) is 0 Å². The minimum Gasteiger partial charge on any atom is -0.481 e. The van der Waals surface area contributed by atoms with Gasteiger partial charge >= 0.3 is 17.9 Å². The van der Waals surface area contributed by atoms with Crippen LogP contribution in [-0.2, 0) is 25.7 Å². The van der Waals surface area contributed by atoms with E-state index in [4.69, 9.17) is 9.84 Å². The average molecular weight is 368 g/mol. The topological polar surface area (TPSA) is 101 Å². The van der Waals surface area contributed by atoms with Crippen molar-refractivity contribution in [1.29, 1.82) is 0 Å². The van der Waals surface area contributed by atoms with Crippen molar-refractivity contribution in [2.75, 3.05) is 0 Å². The Morgan fingerprint density at radius 3 is 2.07 bits per heavy atom. The lowest BCUT2D eigenvalue weighted by Crippen LogP contribution is -2.13. The van der Waals surface area contributed by atoms with Crippen LogP contribution in [0.2, 0.25) is 0 Å².